The highest BCUT2D eigenvalue weighted by Crippen LogP contribution is 2.24. The number of hydrogen-bond acceptors (Lipinski definition) is 5. The van der Waals surface area contributed by atoms with Gasteiger partial charge in [-0.05, 0) is 19.1 Å². The molecule has 0 saturated carbocycles. The number of para-hydroxylation sites is 1. The predicted molar refractivity (Wildman–Crippen MR) is 84.7 cm³/mol. The summed E-state index contributed by atoms with van der Waals surface area (Å²) < 4.78 is 0. The third-order valence-electron chi connectivity index (χ3n) is 2.53. The van der Waals surface area contributed by atoms with E-state index in [9.17, 15) is 9.59 Å². The van der Waals surface area contributed by atoms with Crippen LogP contribution in [-0.2, 0) is 4.79 Å². The third kappa shape index (κ3) is 4.24. The first-order chi connectivity index (χ1) is 9.95. The van der Waals surface area contributed by atoms with Crippen molar-refractivity contribution in [3.8, 4) is 0 Å². The number of rotatable bonds is 4. The summed E-state index contributed by atoms with van der Waals surface area (Å²) in [5.41, 5.74) is 5.67. The van der Waals surface area contributed by atoms with Crippen LogP contribution in [0.15, 0.2) is 40.3 Å². The van der Waals surface area contributed by atoms with Gasteiger partial charge in [-0.2, -0.15) is 0 Å². The van der Waals surface area contributed by atoms with Crippen LogP contribution in [0.1, 0.15) is 6.92 Å². The fourth-order valence-corrected chi connectivity index (χ4v) is 2.53. The Morgan fingerprint density at radius 3 is 2.86 bits per heavy atom. The molecule has 0 bridgehead atoms. The van der Waals surface area contributed by atoms with Crippen molar-refractivity contribution in [2.75, 3.05) is 11.1 Å². The van der Waals surface area contributed by atoms with Crippen LogP contribution < -0.4 is 16.6 Å². The number of H-pyrrole nitrogens is 1. The van der Waals surface area contributed by atoms with Gasteiger partial charge in [-0.15, -0.1) is 0 Å². The lowest BCUT2D eigenvalue weighted by atomic mass is 10.3. The maximum Gasteiger partial charge on any atom is 0.253 e. The molecule has 0 saturated heterocycles. The molecule has 21 heavy (non-hydrogen) atoms. The molecule has 0 radical (unpaired) electrons. The number of thioether (sulfide) groups is 1. The zero-order valence-electron chi connectivity index (χ0n) is 11.1. The van der Waals surface area contributed by atoms with Gasteiger partial charge in [0, 0.05) is 6.07 Å². The Hall–Kier alpha value is -1.99. The van der Waals surface area contributed by atoms with Crippen molar-refractivity contribution in [3.05, 3.63) is 45.7 Å². The van der Waals surface area contributed by atoms with Gasteiger partial charge in [0.25, 0.3) is 5.56 Å². The van der Waals surface area contributed by atoms with E-state index >= 15 is 0 Å². The second-order valence-corrected chi connectivity index (χ2v) is 5.94. The average molecular weight is 325 g/mol. The number of benzene rings is 1. The maximum atomic E-state index is 12.1. The van der Waals surface area contributed by atoms with Crippen molar-refractivity contribution in [2.45, 2.75) is 17.3 Å². The van der Waals surface area contributed by atoms with E-state index in [2.05, 4.69) is 15.3 Å². The number of nitrogens with one attached hydrogen (secondary N) is 2. The molecule has 1 amide bonds. The Labute approximate surface area is 130 Å². The van der Waals surface area contributed by atoms with Gasteiger partial charge >= 0.3 is 0 Å². The van der Waals surface area contributed by atoms with Gasteiger partial charge in [-0.25, -0.2) is 4.98 Å². The quantitative estimate of drug-likeness (QED) is 0.590. The smallest absolute Gasteiger partial charge is 0.253 e. The molecule has 1 aromatic carbocycles. The molecule has 6 nitrogen and oxygen atoms in total. The summed E-state index contributed by atoms with van der Waals surface area (Å²) in [6, 6.07) is 8.12. The average Bonchev–Trinajstić information content (AvgIpc) is 2.40. The molecule has 110 valence electrons. The minimum Gasteiger partial charge on any atom is -0.383 e. The van der Waals surface area contributed by atoms with Crippen molar-refractivity contribution in [2.24, 2.45) is 0 Å². The van der Waals surface area contributed by atoms with Crippen molar-refractivity contribution >= 4 is 40.8 Å². The normalized spacial score (nSPS) is 11.9. The number of amides is 1. The lowest BCUT2D eigenvalue weighted by Crippen LogP contribution is -2.23. The largest absolute Gasteiger partial charge is 0.383 e. The maximum absolute atomic E-state index is 12.1. The molecule has 2 rings (SSSR count). The Kier molecular flexibility index (Phi) is 4.87. The van der Waals surface area contributed by atoms with Gasteiger partial charge < -0.3 is 16.0 Å². The zero-order valence-corrected chi connectivity index (χ0v) is 12.7. The number of nitrogens with two attached hydrogens (primary N) is 1. The Bertz CT molecular complexity index is 719. The second kappa shape index (κ2) is 6.64. The van der Waals surface area contributed by atoms with Crippen LogP contribution in [0.5, 0.6) is 0 Å². The minimum atomic E-state index is -0.480. The summed E-state index contributed by atoms with van der Waals surface area (Å²) in [4.78, 5) is 29.9. The SMILES string of the molecule is C[C@@H](Sc1nc(N)cc(=O)[nH]1)C(=O)Nc1ccccc1Cl. The third-order valence-corrected chi connectivity index (χ3v) is 3.84. The molecule has 8 heteroatoms. The topological polar surface area (TPSA) is 101 Å². The van der Waals surface area contributed by atoms with E-state index in [0.29, 0.717) is 15.9 Å². The molecule has 0 spiro atoms. The van der Waals surface area contributed by atoms with Gasteiger partial charge in [0.05, 0.1) is 16.0 Å². The summed E-state index contributed by atoms with van der Waals surface area (Å²) in [7, 11) is 0. The number of nitrogens with zero attached hydrogens (tertiary/aromatic N) is 1. The van der Waals surface area contributed by atoms with E-state index in [1.807, 2.05) is 0 Å². The first kappa shape index (κ1) is 15.4. The highest BCUT2D eigenvalue weighted by atomic mass is 35.5. The first-order valence-electron chi connectivity index (χ1n) is 6.04. The van der Waals surface area contributed by atoms with E-state index in [-0.39, 0.29) is 17.3 Å². The highest BCUT2D eigenvalue weighted by molar-refractivity contribution is 8.00. The summed E-state index contributed by atoms with van der Waals surface area (Å²) in [6.45, 7) is 1.69. The lowest BCUT2D eigenvalue weighted by Gasteiger charge is -2.12. The Balaban J connectivity index is 2.06. The van der Waals surface area contributed by atoms with Crippen LogP contribution in [0.3, 0.4) is 0 Å². The Morgan fingerprint density at radius 2 is 2.19 bits per heavy atom. The van der Waals surface area contributed by atoms with Gasteiger partial charge in [-0.1, -0.05) is 35.5 Å². The number of carbonyl (C=O) groups is 1. The molecular weight excluding hydrogens is 312 g/mol. The molecule has 1 atom stereocenters. The molecule has 0 aliphatic heterocycles. The predicted octanol–water partition coefficient (Wildman–Crippen LogP) is 2.12. The number of carbonyl (C=O) groups excluding carboxylic acids is 1. The molecule has 1 aromatic heterocycles. The molecule has 0 fully saturated rings. The summed E-state index contributed by atoms with van der Waals surface area (Å²) in [5, 5.41) is 2.99. The summed E-state index contributed by atoms with van der Waals surface area (Å²) in [6.07, 6.45) is 0. The molecule has 0 aliphatic carbocycles. The van der Waals surface area contributed by atoms with Gasteiger partial charge in [0.2, 0.25) is 5.91 Å². The number of nitrogen functional groups attached to an aromatic ring is 1. The highest BCUT2D eigenvalue weighted by Gasteiger charge is 2.17. The van der Waals surface area contributed by atoms with Crippen LogP contribution in [0, 0.1) is 0 Å². The van der Waals surface area contributed by atoms with Crippen LogP contribution >= 0.6 is 23.4 Å². The van der Waals surface area contributed by atoms with Gasteiger partial charge in [-0.3, -0.25) is 9.59 Å². The van der Waals surface area contributed by atoms with Crippen molar-refractivity contribution in [1.29, 1.82) is 0 Å². The van der Waals surface area contributed by atoms with Crippen LogP contribution in [0.4, 0.5) is 11.5 Å². The number of hydrogen-bond donors (Lipinski definition) is 3. The molecule has 2 aromatic rings. The van der Waals surface area contributed by atoms with Crippen LogP contribution in [0.2, 0.25) is 5.02 Å². The van der Waals surface area contributed by atoms with Gasteiger partial charge in [0.1, 0.15) is 5.82 Å². The van der Waals surface area contributed by atoms with E-state index in [1.54, 1.807) is 31.2 Å². The fraction of sp³-hybridized carbons (Fsp3) is 0.154. The van der Waals surface area contributed by atoms with Crippen molar-refractivity contribution < 1.29 is 4.79 Å². The van der Waals surface area contributed by atoms with E-state index in [4.69, 9.17) is 17.3 Å². The standard InChI is InChI=1S/C13H13ClN4O2S/c1-7(21-13-17-10(15)6-11(19)18-13)12(20)16-9-5-3-2-4-8(9)14/h2-7H,1H3,(H,16,20)(H3,15,17,18,19)/t7-/m1/s1. The lowest BCUT2D eigenvalue weighted by molar-refractivity contribution is -0.115. The fourth-order valence-electron chi connectivity index (χ4n) is 1.53. The monoisotopic (exact) mass is 324 g/mol. The summed E-state index contributed by atoms with van der Waals surface area (Å²) in [5.74, 6) is -0.141. The molecular formula is C13H13ClN4O2S. The van der Waals surface area contributed by atoms with Crippen molar-refractivity contribution in [1.82, 2.24) is 9.97 Å². The molecule has 1 heterocycles. The number of halogens is 1. The molecule has 4 N–H and O–H groups in total. The van der Waals surface area contributed by atoms with Crippen LogP contribution in [0.25, 0.3) is 0 Å². The summed E-state index contributed by atoms with van der Waals surface area (Å²) >= 11 is 7.08. The molecule has 0 aliphatic rings. The molecule has 0 unspecified atom stereocenters. The van der Waals surface area contributed by atoms with E-state index < -0.39 is 5.25 Å². The van der Waals surface area contributed by atoms with Crippen molar-refractivity contribution in [3.63, 3.8) is 0 Å². The van der Waals surface area contributed by atoms with E-state index in [0.717, 1.165) is 11.8 Å². The number of aromatic amines is 1. The van der Waals surface area contributed by atoms with E-state index in [1.165, 1.54) is 6.07 Å². The number of aromatic nitrogens is 2. The van der Waals surface area contributed by atoms with Crippen LogP contribution in [-0.4, -0.2) is 21.1 Å². The minimum absolute atomic E-state index is 0.111. The first-order valence-corrected chi connectivity index (χ1v) is 7.30. The number of anilines is 2. The Morgan fingerprint density at radius 1 is 1.48 bits per heavy atom. The van der Waals surface area contributed by atoms with Gasteiger partial charge in [0.15, 0.2) is 5.16 Å². The second-order valence-electron chi connectivity index (χ2n) is 4.20. The zero-order chi connectivity index (χ0) is 15.4.